The van der Waals surface area contributed by atoms with Crippen LogP contribution in [0.4, 0.5) is 5.82 Å². The van der Waals surface area contributed by atoms with Gasteiger partial charge in [-0.2, -0.15) is 0 Å². The van der Waals surface area contributed by atoms with Gasteiger partial charge in [0.1, 0.15) is 5.82 Å². The molecule has 0 unspecified atom stereocenters. The van der Waals surface area contributed by atoms with Crippen LogP contribution in [-0.2, 0) is 21.4 Å². The average Bonchev–Trinajstić information content (AvgIpc) is 2.48. The summed E-state index contributed by atoms with van der Waals surface area (Å²) in [6.07, 6.45) is 1.71. The lowest BCUT2D eigenvalue weighted by Gasteiger charge is -2.10. The van der Waals surface area contributed by atoms with Gasteiger partial charge in [-0.05, 0) is 50.1 Å². The van der Waals surface area contributed by atoms with Gasteiger partial charge in [0.05, 0.1) is 17.6 Å². The summed E-state index contributed by atoms with van der Waals surface area (Å²) in [6.45, 7) is 6.14. The number of pyridine rings is 1. The predicted molar refractivity (Wildman–Crippen MR) is 86.1 cm³/mol. The Morgan fingerprint density at radius 2 is 2.00 bits per heavy atom. The van der Waals surface area contributed by atoms with Gasteiger partial charge in [0.15, 0.2) is 0 Å². The average molecular weight is 320 g/mol. The molecule has 0 aliphatic carbocycles. The second-order valence-electron chi connectivity index (χ2n) is 5.33. The third kappa shape index (κ3) is 4.54. The number of ether oxygens (including phenoxy) is 1. The lowest BCUT2D eigenvalue weighted by atomic mass is 10.2. The van der Waals surface area contributed by atoms with E-state index in [0.29, 0.717) is 12.4 Å². The molecule has 118 valence electrons. The first kappa shape index (κ1) is 16.5. The smallest absolute Gasteiger partial charge is 0.263 e. The fourth-order valence-electron chi connectivity index (χ4n) is 1.79. The van der Waals surface area contributed by atoms with Gasteiger partial charge >= 0.3 is 0 Å². The number of rotatable bonds is 6. The zero-order valence-corrected chi connectivity index (χ0v) is 13.7. The molecule has 1 heterocycles. The number of nitrogens with zero attached hydrogens (tertiary/aromatic N) is 1. The minimum absolute atomic E-state index is 0.0927. The van der Waals surface area contributed by atoms with E-state index in [1.165, 1.54) is 0 Å². The van der Waals surface area contributed by atoms with Crippen LogP contribution in [0.5, 0.6) is 0 Å². The second-order valence-corrected chi connectivity index (χ2v) is 7.02. The molecule has 6 heteroatoms. The van der Waals surface area contributed by atoms with Crippen molar-refractivity contribution in [1.29, 1.82) is 0 Å². The van der Waals surface area contributed by atoms with Crippen molar-refractivity contribution in [3.8, 4) is 0 Å². The highest BCUT2D eigenvalue weighted by Gasteiger charge is 2.15. The summed E-state index contributed by atoms with van der Waals surface area (Å²) < 4.78 is 32.7. The Hall–Kier alpha value is -1.92. The quantitative estimate of drug-likeness (QED) is 0.888. The maximum Gasteiger partial charge on any atom is 0.263 e. The van der Waals surface area contributed by atoms with Gasteiger partial charge in [-0.15, -0.1) is 0 Å². The molecule has 0 spiro atoms. The van der Waals surface area contributed by atoms with Gasteiger partial charge in [-0.1, -0.05) is 18.2 Å². The molecular formula is C16H20N2O3S. The van der Waals surface area contributed by atoms with Crippen LogP contribution in [0.1, 0.15) is 25.0 Å². The fourth-order valence-corrected chi connectivity index (χ4v) is 2.87. The summed E-state index contributed by atoms with van der Waals surface area (Å²) in [6, 6.07) is 10.1. The molecule has 0 aliphatic rings. The highest BCUT2D eigenvalue weighted by molar-refractivity contribution is 7.92. The van der Waals surface area contributed by atoms with E-state index >= 15 is 0 Å². The molecule has 22 heavy (non-hydrogen) atoms. The summed E-state index contributed by atoms with van der Waals surface area (Å²) in [7, 11) is -3.66. The van der Waals surface area contributed by atoms with Gasteiger partial charge in [0.2, 0.25) is 0 Å². The minimum Gasteiger partial charge on any atom is -0.374 e. The normalized spacial score (nSPS) is 11.6. The summed E-state index contributed by atoms with van der Waals surface area (Å²) in [5.74, 6) is 0.300. The van der Waals surface area contributed by atoms with E-state index < -0.39 is 10.0 Å². The van der Waals surface area contributed by atoms with Gasteiger partial charge in [0.25, 0.3) is 10.0 Å². The lowest BCUT2D eigenvalue weighted by Crippen LogP contribution is -2.14. The Morgan fingerprint density at radius 1 is 1.23 bits per heavy atom. The van der Waals surface area contributed by atoms with Crippen molar-refractivity contribution in [2.45, 2.75) is 38.4 Å². The van der Waals surface area contributed by atoms with E-state index in [1.807, 2.05) is 26.8 Å². The molecule has 5 nitrogen and oxygen atoms in total. The Labute approximate surface area is 131 Å². The topological polar surface area (TPSA) is 68.3 Å². The van der Waals surface area contributed by atoms with Gasteiger partial charge in [0, 0.05) is 6.20 Å². The van der Waals surface area contributed by atoms with Crippen LogP contribution in [0.25, 0.3) is 0 Å². The summed E-state index contributed by atoms with van der Waals surface area (Å²) in [4.78, 5) is 4.25. The number of nitrogens with one attached hydrogen (secondary N) is 1. The molecule has 1 aromatic carbocycles. The molecule has 1 aromatic heterocycles. The Morgan fingerprint density at radius 3 is 2.64 bits per heavy atom. The van der Waals surface area contributed by atoms with E-state index in [1.54, 1.807) is 36.5 Å². The third-order valence-corrected chi connectivity index (χ3v) is 4.29. The number of hydrogen-bond acceptors (Lipinski definition) is 4. The maximum absolute atomic E-state index is 12.4. The first-order chi connectivity index (χ1) is 10.4. The van der Waals surface area contributed by atoms with Gasteiger partial charge in [-0.25, -0.2) is 13.4 Å². The second kappa shape index (κ2) is 6.89. The summed E-state index contributed by atoms with van der Waals surface area (Å²) in [5.41, 5.74) is 1.78. The summed E-state index contributed by atoms with van der Waals surface area (Å²) >= 11 is 0. The molecule has 1 N–H and O–H groups in total. The molecule has 0 radical (unpaired) electrons. The largest absolute Gasteiger partial charge is 0.374 e. The molecule has 0 aliphatic heterocycles. The Balaban J connectivity index is 2.18. The van der Waals surface area contributed by atoms with E-state index in [0.717, 1.165) is 11.1 Å². The van der Waals surface area contributed by atoms with Crippen LogP contribution >= 0.6 is 0 Å². The molecule has 0 fully saturated rings. The SMILES string of the molecule is Cc1ccc(NS(=O)(=O)c2cccc(COC(C)C)c2)nc1. The monoisotopic (exact) mass is 320 g/mol. The van der Waals surface area contributed by atoms with Gasteiger partial charge in [-0.3, -0.25) is 4.72 Å². The molecule has 0 saturated carbocycles. The van der Waals surface area contributed by atoms with Crippen molar-refractivity contribution in [2.24, 2.45) is 0 Å². The number of benzene rings is 1. The number of hydrogen-bond donors (Lipinski definition) is 1. The number of aryl methyl sites for hydroxylation is 1. The maximum atomic E-state index is 12.4. The summed E-state index contributed by atoms with van der Waals surface area (Å²) in [5, 5.41) is 0. The first-order valence-electron chi connectivity index (χ1n) is 7.03. The van der Waals surface area contributed by atoms with Crippen molar-refractivity contribution in [1.82, 2.24) is 4.98 Å². The minimum atomic E-state index is -3.66. The van der Waals surface area contributed by atoms with E-state index in [9.17, 15) is 8.42 Å². The third-order valence-electron chi connectivity index (χ3n) is 2.94. The first-order valence-corrected chi connectivity index (χ1v) is 8.51. The van der Waals surface area contributed by atoms with Gasteiger partial charge < -0.3 is 4.74 Å². The molecule has 0 amide bonds. The fraction of sp³-hybridized carbons (Fsp3) is 0.312. The molecule has 0 atom stereocenters. The number of anilines is 1. The zero-order chi connectivity index (χ0) is 16.2. The highest BCUT2D eigenvalue weighted by atomic mass is 32.2. The van der Waals surface area contributed by atoms with Crippen molar-refractivity contribution < 1.29 is 13.2 Å². The van der Waals surface area contributed by atoms with Crippen molar-refractivity contribution >= 4 is 15.8 Å². The molecule has 0 saturated heterocycles. The van der Waals surface area contributed by atoms with E-state index in [-0.39, 0.29) is 11.0 Å². The Kier molecular flexibility index (Phi) is 5.15. The Bertz CT molecular complexity index is 725. The van der Waals surface area contributed by atoms with Crippen molar-refractivity contribution in [3.63, 3.8) is 0 Å². The molecule has 2 aromatic rings. The van der Waals surface area contributed by atoms with Crippen LogP contribution in [-0.4, -0.2) is 19.5 Å². The highest BCUT2D eigenvalue weighted by Crippen LogP contribution is 2.16. The van der Waals surface area contributed by atoms with Crippen LogP contribution < -0.4 is 4.72 Å². The van der Waals surface area contributed by atoms with Crippen LogP contribution in [0, 0.1) is 6.92 Å². The van der Waals surface area contributed by atoms with Crippen molar-refractivity contribution in [2.75, 3.05) is 4.72 Å². The predicted octanol–water partition coefficient (Wildman–Crippen LogP) is 3.12. The standard InChI is InChI=1S/C16H20N2O3S/c1-12(2)21-11-14-5-4-6-15(9-14)22(19,20)18-16-8-7-13(3)10-17-16/h4-10,12H,11H2,1-3H3,(H,17,18). The van der Waals surface area contributed by atoms with E-state index in [4.69, 9.17) is 4.74 Å². The number of aromatic nitrogens is 1. The molecular weight excluding hydrogens is 300 g/mol. The van der Waals surface area contributed by atoms with Crippen LogP contribution in [0.2, 0.25) is 0 Å². The lowest BCUT2D eigenvalue weighted by molar-refractivity contribution is 0.0656. The van der Waals surface area contributed by atoms with E-state index in [2.05, 4.69) is 9.71 Å². The van der Waals surface area contributed by atoms with Crippen LogP contribution in [0.3, 0.4) is 0 Å². The zero-order valence-electron chi connectivity index (χ0n) is 12.9. The van der Waals surface area contributed by atoms with Crippen molar-refractivity contribution in [3.05, 3.63) is 53.7 Å². The van der Waals surface area contributed by atoms with Crippen LogP contribution in [0.15, 0.2) is 47.5 Å². The molecule has 0 bridgehead atoms. The molecule has 2 rings (SSSR count). The number of sulfonamides is 1.